The van der Waals surface area contributed by atoms with Crippen molar-refractivity contribution in [3.8, 4) is 0 Å². The Labute approximate surface area is 173 Å². The van der Waals surface area contributed by atoms with Crippen molar-refractivity contribution in [2.75, 3.05) is 52.9 Å². The van der Waals surface area contributed by atoms with Gasteiger partial charge in [-0.25, -0.2) is 0 Å². The molecule has 2 aliphatic rings. The summed E-state index contributed by atoms with van der Waals surface area (Å²) >= 11 is 0. The molecule has 1 aromatic heterocycles. The molecule has 29 heavy (non-hydrogen) atoms. The van der Waals surface area contributed by atoms with Crippen molar-refractivity contribution in [3.05, 3.63) is 11.7 Å². The van der Waals surface area contributed by atoms with Crippen LogP contribution >= 0.6 is 0 Å². The van der Waals surface area contributed by atoms with Crippen molar-refractivity contribution in [2.45, 2.75) is 52.0 Å². The fourth-order valence-corrected chi connectivity index (χ4v) is 3.90. The lowest BCUT2D eigenvalue weighted by Crippen LogP contribution is -2.57. The first kappa shape index (κ1) is 21.5. The fraction of sp³-hybridized carbons (Fsp3) is 0.800. The second kappa shape index (κ2) is 10.0. The van der Waals surface area contributed by atoms with Crippen LogP contribution in [-0.4, -0.2) is 95.6 Å². The molecule has 0 bridgehead atoms. The fourth-order valence-electron chi connectivity index (χ4n) is 3.90. The van der Waals surface area contributed by atoms with E-state index in [4.69, 9.17) is 4.52 Å². The molecular weight excluding hydrogens is 370 g/mol. The zero-order valence-corrected chi connectivity index (χ0v) is 18.2. The number of nitrogens with one attached hydrogen (secondary N) is 1. The highest BCUT2D eigenvalue weighted by atomic mass is 16.5. The van der Waals surface area contributed by atoms with Crippen LogP contribution in [0.2, 0.25) is 0 Å². The highest BCUT2D eigenvalue weighted by Crippen LogP contribution is 2.14. The summed E-state index contributed by atoms with van der Waals surface area (Å²) in [5.74, 6) is 2.82. The quantitative estimate of drug-likeness (QED) is 0.556. The molecule has 1 aromatic rings. The second-order valence-electron chi connectivity index (χ2n) is 8.16. The van der Waals surface area contributed by atoms with Crippen LogP contribution < -0.4 is 5.32 Å². The van der Waals surface area contributed by atoms with Gasteiger partial charge in [-0.3, -0.25) is 14.7 Å². The summed E-state index contributed by atoms with van der Waals surface area (Å²) in [6.07, 6.45) is 2.94. The van der Waals surface area contributed by atoms with Crippen LogP contribution in [0.15, 0.2) is 9.52 Å². The molecule has 2 fully saturated rings. The van der Waals surface area contributed by atoms with Gasteiger partial charge in [-0.05, 0) is 19.8 Å². The van der Waals surface area contributed by atoms with Crippen molar-refractivity contribution in [3.63, 3.8) is 0 Å². The second-order valence-corrected chi connectivity index (χ2v) is 8.16. The van der Waals surface area contributed by atoms with Crippen LogP contribution in [0.5, 0.6) is 0 Å². The minimum absolute atomic E-state index is 0.0436. The van der Waals surface area contributed by atoms with Gasteiger partial charge in [0.05, 0.1) is 6.04 Å². The molecule has 3 rings (SSSR count). The van der Waals surface area contributed by atoms with Crippen LogP contribution in [0.25, 0.3) is 0 Å². The molecule has 3 heterocycles. The van der Waals surface area contributed by atoms with Gasteiger partial charge in [-0.2, -0.15) is 4.98 Å². The number of carbonyl (C=O) groups excluding carboxylic acids is 1. The molecule has 162 valence electrons. The first-order valence-electron chi connectivity index (χ1n) is 10.8. The summed E-state index contributed by atoms with van der Waals surface area (Å²) in [7, 11) is 1.80. The summed E-state index contributed by atoms with van der Waals surface area (Å²) in [5, 5.41) is 7.39. The van der Waals surface area contributed by atoms with Gasteiger partial charge in [0.1, 0.15) is 0 Å². The molecule has 0 aromatic carbocycles. The van der Waals surface area contributed by atoms with Crippen molar-refractivity contribution in [1.82, 2.24) is 30.2 Å². The molecule has 1 amide bonds. The van der Waals surface area contributed by atoms with Crippen molar-refractivity contribution >= 4 is 11.9 Å². The van der Waals surface area contributed by atoms with E-state index in [0.717, 1.165) is 63.9 Å². The molecule has 2 saturated heterocycles. The number of hydrogen-bond acceptors (Lipinski definition) is 6. The number of piperazine rings is 1. The number of amides is 1. The number of nitrogens with zero attached hydrogens (tertiary/aromatic N) is 6. The minimum atomic E-state index is -0.0436. The van der Waals surface area contributed by atoms with Crippen molar-refractivity contribution in [1.29, 1.82) is 0 Å². The van der Waals surface area contributed by atoms with Crippen LogP contribution in [0.4, 0.5) is 0 Å². The first-order valence-corrected chi connectivity index (χ1v) is 10.8. The SMILES string of the molecule is CN=C(NCCc1nc(C(C)C)no1)N1CCN(C(C)C(=O)N2CCCC2)CC1. The van der Waals surface area contributed by atoms with Gasteiger partial charge in [-0.15, -0.1) is 0 Å². The van der Waals surface area contributed by atoms with Gasteiger partial charge in [-0.1, -0.05) is 19.0 Å². The standard InChI is InChI=1S/C20H35N7O2/c1-15(2)18-23-17(29-24-18)7-8-22-20(21-4)27-13-11-25(12-14-27)16(3)19(28)26-9-5-6-10-26/h15-16H,5-14H2,1-4H3,(H,21,22). The van der Waals surface area contributed by atoms with E-state index < -0.39 is 0 Å². The van der Waals surface area contributed by atoms with Crippen LogP contribution in [-0.2, 0) is 11.2 Å². The average molecular weight is 406 g/mol. The third-order valence-corrected chi connectivity index (χ3v) is 5.77. The lowest BCUT2D eigenvalue weighted by molar-refractivity contribution is -0.135. The lowest BCUT2D eigenvalue weighted by atomic mass is 10.2. The minimum Gasteiger partial charge on any atom is -0.356 e. The van der Waals surface area contributed by atoms with Gasteiger partial charge >= 0.3 is 0 Å². The molecule has 9 nitrogen and oxygen atoms in total. The van der Waals surface area contributed by atoms with Crippen molar-refractivity contribution in [2.24, 2.45) is 4.99 Å². The Bertz CT molecular complexity index is 689. The predicted octanol–water partition coefficient (Wildman–Crippen LogP) is 0.939. The van der Waals surface area contributed by atoms with Gasteiger partial charge in [0, 0.05) is 65.2 Å². The normalized spacial score (nSPS) is 19.8. The molecule has 2 aliphatic heterocycles. The largest absolute Gasteiger partial charge is 0.356 e. The Morgan fingerprint density at radius 3 is 2.38 bits per heavy atom. The summed E-state index contributed by atoms with van der Waals surface area (Å²) in [5.41, 5.74) is 0. The average Bonchev–Trinajstić information content (AvgIpc) is 3.42. The summed E-state index contributed by atoms with van der Waals surface area (Å²) in [6.45, 7) is 12.1. The van der Waals surface area contributed by atoms with Crippen LogP contribution in [0.1, 0.15) is 51.2 Å². The Kier molecular flexibility index (Phi) is 7.46. The van der Waals surface area contributed by atoms with E-state index in [2.05, 4.69) is 30.2 Å². The predicted molar refractivity (Wildman–Crippen MR) is 112 cm³/mol. The number of rotatable bonds is 6. The van der Waals surface area contributed by atoms with Gasteiger partial charge < -0.3 is 19.6 Å². The Morgan fingerprint density at radius 2 is 1.79 bits per heavy atom. The van der Waals surface area contributed by atoms with E-state index in [1.54, 1.807) is 7.05 Å². The molecule has 1 atom stereocenters. The third-order valence-electron chi connectivity index (χ3n) is 5.77. The van der Waals surface area contributed by atoms with E-state index in [1.165, 1.54) is 0 Å². The number of carbonyl (C=O) groups is 1. The first-order chi connectivity index (χ1) is 14.0. The summed E-state index contributed by atoms with van der Waals surface area (Å²) in [4.78, 5) is 28.0. The molecular formula is C20H35N7O2. The van der Waals surface area contributed by atoms with E-state index >= 15 is 0 Å². The van der Waals surface area contributed by atoms with E-state index in [-0.39, 0.29) is 17.9 Å². The molecule has 0 spiro atoms. The van der Waals surface area contributed by atoms with Gasteiger partial charge in [0.2, 0.25) is 11.8 Å². The molecule has 9 heteroatoms. The number of hydrogen-bond donors (Lipinski definition) is 1. The Morgan fingerprint density at radius 1 is 1.10 bits per heavy atom. The smallest absolute Gasteiger partial charge is 0.239 e. The Hall–Kier alpha value is -2.16. The topological polar surface area (TPSA) is 90.1 Å². The lowest BCUT2D eigenvalue weighted by Gasteiger charge is -2.39. The zero-order valence-electron chi connectivity index (χ0n) is 18.2. The van der Waals surface area contributed by atoms with Crippen LogP contribution in [0, 0.1) is 0 Å². The third kappa shape index (κ3) is 5.46. The highest BCUT2D eigenvalue weighted by Gasteiger charge is 2.30. The summed E-state index contributed by atoms with van der Waals surface area (Å²) in [6, 6.07) is -0.0436. The van der Waals surface area contributed by atoms with E-state index in [9.17, 15) is 4.79 Å². The highest BCUT2D eigenvalue weighted by molar-refractivity contribution is 5.82. The molecule has 1 N–H and O–H groups in total. The summed E-state index contributed by atoms with van der Waals surface area (Å²) < 4.78 is 5.29. The number of guanidine groups is 1. The molecule has 0 saturated carbocycles. The monoisotopic (exact) mass is 405 g/mol. The maximum atomic E-state index is 12.7. The molecule has 1 unspecified atom stereocenters. The van der Waals surface area contributed by atoms with Crippen LogP contribution in [0.3, 0.4) is 0 Å². The Balaban J connectivity index is 1.42. The molecule has 0 aliphatic carbocycles. The maximum Gasteiger partial charge on any atom is 0.239 e. The number of likely N-dealkylation sites (tertiary alicyclic amines) is 1. The van der Waals surface area contributed by atoms with Crippen molar-refractivity contribution < 1.29 is 9.32 Å². The number of aromatic nitrogens is 2. The van der Waals surface area contributed by atoms with E-state index in [0.29, 0.717) is 18.9 Å². The van der Waals surface area contributed by atoms with Gasteiger partial charge in [0.15, 0.2) is 11.8 Å². The zero-order chi connectivity index (χ0) is 20.8. The van der Waals surface area contributed by atoms with Gasteiger partial charge in [0.25, 0.3) is 0 Å². The molecule has 0 radical (unpaired) electrons. The number of aliphatic imine (C=N–C) groups is 1. The maximum absolute atomic E-state index is 12.7. The van der Waals surface area contributed by atoms with E-state index in [1.807, 2.05) is 25.7 Å².